The Bertz CT molecular complexity index is 1470. The highest BCUT2D eigenvalue weighted by molar-refractivity contribution is 5.93. The predicted octanol–water partition coefficient (Wildman–Crippen LogP) is -1.05. The first kappa shape index (κ1) is 54.5. The average molecular weight is 854 g/mol. The molecule has 0 spiro atoms. The van der Waals surface area contributed by atoms with Crippen LogP contribution in [-0.4, -0.2) is 113 Å². The number of aliphatic hydroxyl groups is 1. The van der Waals surface area contributed by atoms with Gasteiger partial charge in [-0.15, -0.1) is 62.0 Å². The van der Waals surface area contributed by atoms with Crippen LogP contribution >= 0.6 is 62.0 Å². The number of nitrogens with one attached hydrogen (secondary N) is 3. The number of phenols is 2. The third-order valence-electron chi connectivity index (χ3n) is 8.34. The predicted molar refractivity (Wildman–Crippen MR) is 215 cm³/mol. The molecule has 1 aliphatic heterocycles. The number of fused-ring (bicyclic) bond motifs is 5. The molecule has 3 rings (SSSR count). The zero-order chi connectivity index (χ0) is 35.5. The first-order valence-electron chi connectivity index (χ1n) is 15.9. The highest BCUT2D eigenvalue weighted by Crippen LogP contribution is 2.31. The van der Waals surface area contributed by atoms with Gasteiger partial charge in [-0.3, -0.25) is 19.2 Å². The number of carbonyl (C=O) groups is 4. The van der Waals surface area contributed by atoms with Crippen LogP contribution in [0.4, 0.5) is 0 Å². The van der Waals surface area contributed by atoms with Gasteiger partial charge in [0.15, 0.2) is 0 Å². The van der Waals surface area contributed by atoms with Crippen LogP contribution in [0.15, 0.2) is 36.4 Å². The number of rotatable bonds is 12. The Kier molecular flexibility index (Phi) is 26.7. The topological polar surface area (TPSA) is 298 Å². The molecule has 16 N–H and O–H groups in total. The van der Waals surface area contributed by atoms with Crippen molar-refractivity contribution in [2.75, 3.05) is 33.2 Å². The molecular formula is C32H54Cl5N9O7. The molecule has 21 heteroatoms. The normalized spacial score (nSPS) is 18.5. The molecule has 53 heavy (non-hydrogen) atoms. The quantitative estimate of drug-likeness (QED) is 0.122. The van der Waals surface area contributed by atoms with E-state index in [9.17, 15) is 34.5 Å². The zero-order valence-corrected chi connectivity index (χ0v) is 33.2. The van der Waals surface area contributed by atoms with E-state index in [1.54, 1.807) is 24.3 Å². The summed E-state index contributed by atoms with van der Waals surface area (Å²) in [5.74, 6) is -2.95. The molecule has 0 saturated carbocycles. The number of aliphatic hydroxyl groups excluding tert-OH is 1. The van der Waals surface area contributed by atoms with Gasteiger partial charge in [-0.25, -0.2) is 0 Å². The second kappa shape index (κ2) is 26.0. The molecule has 0 radical (unpaired) electrons. The maximum absolute atomic E-state index is 13.9. The first-order valence-corrected chi connectivity index (χ1v) is 15.9. The second-order valence-electron chi connectivity index (χ2n) is 12.1. The summed E-state index contributed by atoms with van der Waals surface area (Å²) in [5, 5.41) is 39.5. The fourth-order valence-electron chi connectivity index (χ4n) is 5.33. The van der Waals surface area contributed by atoms with E-state index < -0.39 is 53.9 Å². The molecule has 304 valence electrons. The van der Waals surface area contributed by atoms with Crippen molar-refractivity contribution in [1.29, 1.82) is 0 Å². The van der Waals surface area contributed by atoms with Crippen LogP contribution in [0.25, 0.3) is 11.1 Å². The number of hydrogen-bond donors (Lipinski definition) is 11. The summed E-state index contributed by atoms with van der Waals surface area (Å²) in [4.78, 5) is 54.5. The maximum atomic E-state index is 13.9. The van der Waals surface area contributed by atoms with Gasteiger partial charge in [-0.2, -0.15) is 0 Å². The maximum Gasteiger partial charge on any atom is 0.245 e. The number of halogens is 5. The van der Waals surface area contributed by atoms with Gasteiger partial charge in [0.05, 0.1) is 12.1 Å². The zero-order valence-electron chi connectivity index (χ0n) is 29.1. The fraction of sp³-hybridized carbons (Fsp3) is 0.500. The lowest BCUT2D eigenvalue weighted by Gasteiger charge is -2.32. The number of nitrogens with zero attached hydrogens (tertiary/aromatic N) is 1. The number of phenolic OH excluding ortho intramolecular Hbond substituents is 2. The van der Waals surface area contributed by atoms with E-state index in [-0.39, 0.29) is 118 Å². The van der Waals surface area contributed by atoms with E-state index in [1.807, 2.05) is 0 Å². The van der Waals surface area contributed by atoms with Gasteiger partial charge in [-0.05, 0) is 65.9 Å². The van der Waals surface area contributed by atoms with Crippen molar-refractivity contribution in [3.63, 3.8) is 0 Å². The van der Waals surface area contributed by atoms with Crippen LogP contribution in [0.3, 0.4) is 0 Å². The first-order chi connectivity index (χ1) is 22.7. The molecule has 0 aliphatic carbocycles. The number of nitrogens with two attached hydrogens (primary N) is 5. The Labute approximate surface area is 340 Å². The number of aromatic hydroxyl groups is 2. The lowest BCUT2D eigenvalue weighted by Crippen LogP contribution is -2.58. The van der Waals surface area contributed by atoms with Crippen molar-refractivity contribution in [2.45, 2.75) is 68.4 Å². The molecule has 0 unspecified atom stereocenters. The minimum Gasteiger partial charge on any atom is -0.508 e. The van der Waals surface area contributed by atoms with Gasteiger partial charge in [0.25, 0.3) is 0 Å². The number of benzene rings is 2. The average Bonchev–Trinajstić information content (AvgIpc) is 3.07. The Morgan fingerprint density at radius 2 is 1.45 bits per heavy atom. The molecule has 6 atom stereocenters. The van der Waals surface area contributed by atoms with Crippen molar-refractivity contribution >= 4 is 85.7 Å². The van der Waals surface area contributed by atoms with Crippen molar-refractivity contribution in [3.05, 3.63) is 47.5 Å². The van der Waals surface area contributed by atoms with Crippen molar-refractivity contribution < 1.29 is 34.5 Å². The number of hydrogen-bond acceptors (Lipinski definition) is 12. The Morgan fingerprint density at radius 3 is 1.98 bits per heavy atom. The van der Waals surface area contributed by atoms with Gasteiger partial charge in [0.1, 0.15) is 29.6 Å². The summed E-state index contributed by atoms with van der Waals surface area (Å²) in [7, 11) is 1.34. The molecule has 4 bridgehead atoms. The Morgan fingerprint density at radius 1 is 0.906 bits per heavy atom. The lowest BCUT2D eigenvalue weighted by atomic mass is 9.95. The van der Waals surface area contributed by atoms with Crippen LogP contribution in [-0.2, 0) is 32.0 Å². The van der Waals surface area contributed by atoms with Gasteiger partial charge in [-0.1, -0.05) is 12.1 Å². The van der Waals surface area contributed by atoms with E-state index in [2.05, 4.69) is 16.0 Å². The van der Waals surface area contributed by atoms with Gasteiger partial charge in [0.2, 0.25) is 23.6 Å². The molecule has 0 saturated heterocycles. The fourth-order valence-corrected chi connectivity index (χ4v) is 5.33. The van der Waals surface area contributed by atoms with Crippen LogP contribution < -0.4 is 44.6 Å². The number of likely N-dealkylation sites (N-methyl/N-ethyl adjacent to an activating group) is 1. The summed E-state index contributed by atoms with van der Waals surface area (Å²) in [6.07, 6.45) is -0.418. The van der Waals surface area contributed by atoms with Crippen molar-refractivity contribution in [2.24, 2.45) is 28.7 Å². The molecule has 4 amide bonds. The molecule has 2 aromatic carbocycles. The minimum atomic E-state index is -1.34. The van der Waals surface area contributed by atoms with Crippen LogP contribution in [0, 0.1) is 0 Å². The lowest BCUT2D eigenvalue weighted by molar-refractivity contribution is -0.142. The van der Waals surface area contributed by atoms with E-state index in [0.717, 1.165) is 4.90 Å². The SMILES string of the molecule is CN1C(=O)[C@H](C[C@@H](O)CN)NC(=O)[C@@H](N)Cc2cc(ccc2O)-c2ccc(O)c(c2)C[C@H]1C(=O)NC[C@H](N)C(=O)NC[C@@H](N)CCCN.Cl.Cl.Cl.Cl.Cl. The Hall–Kier alpha value is -2.87. The van der Waals surface area contributed by atoms with Crippen LogP contribution in [0.5, 0.6) is 11.5 Å². The van der Waals surface area contributed by atoms with E-state index >= 15 is 0 Å². The van der Waals surface area contributed by atoms with E-state index in [0.29, 0.717) is 41.6 Å². The molecule has 1 aliphatic rings. The summed E-state index contributed by atoms with van der Waals surface area (Å²) < 4.78 is 0. The molecule has 0 fully saturated rings. The molecule has 0 aromatic heterocycles. The standard InChI is InChI=1S/C32H49N9O7.5ClH/c1-41-26(31(47)39-16-24(37)29(45)38-15-21(35)3-2-8-33)12-20-10-18(5-7-28(20)44)17-4-6-27(43)19(9-17)11-23(36)30(46)40-25(32(41)48)13-22(42)14-34;;;;;/h4-7,9-10,21-26,42-44H,2-3,8,11-16,33-37H2,1H3,(H,38,45)(H,39,47)(H,40,46);5*1H/t21-,22+,23-,24-,25-,26-;;;;;/m0...../s1. The largest absolute Gasteiger partial charge is 0.508 e. The van der Waals surface area contributed by atoms with Crippen molar-refractivity contribution in [3.8, 4) is 22.6 Å². The summed E-state index contributed by atoms with van der Waals surface area (Å²) >= 11 is 0. The van der Waals surface area contributed by atoms with Gasteiger partial charge < -0.3 is 64.8 Å². The monoisotopic (exact) mass is 851 g/mol. The summed E-state index contributed by atoms with van der Waals surface area (Å²) in [5.41, 5.74) is 31.3. The minimum absolute atomic E-state index is 0. The van der Waals surface area contributed by atoms with Gasteiger partial charge in [0, 0.05) is 52.0 Å². The summed E-state index contributed by atoms with van der Waals surface area (Å²) in [6, 6.07) is 4.24. The van der Waals surface area contributed by atoms with Crippen LogP contribution in [0.1, 0.15) is 30.4 Å². The third-order valence-corrected chi connectivity index (χ3v) is 8.34. The van der Waals surface area contributed by atoms with Crippen molar-refractivity contribution in [1.82, 2.24) is 20.9 Å². The third kappa shape index (κ3) is 15.8. The highest BCUT2D eigenvalue weighted by atomic mass is 35.5. The second-order valence-corrected chi connectivity index (χ2v) is 12.1. The van der Waals surface area contributed by atoms with Crippen LogP contribution in [0.2, 0.25) is 0 Å². The van der Waals surface area contributed by atoms with Gasteiger partial charge >= 0.3 is 0 Å². The molecule has 16 nitrogen and oxygen atoms in total. The molecule has 2 aromatic rings. The number of amides is 4. The van der Waals surface area contributed by atoms with E-state index in [1.165, 1.54) is 19.2 Å². The number of carbonyl (C=O) groups excluding carboxylic acids is 4. The molecular weight excluding hydrogens is 800 g/mol. The smallest absolute Gasteiger partial charge is 0.245 e. The summed E-state index contributed by atoms with van der Waals surface area (Å²) in [6.45, 7) is 0.145. The van der Waals surface area contributed by atoms with E-state index in [4.69, 9.17) is 28.7 Å². The Balaban J connectivity index is -0.00000500. The highest BCUT2D eigenvalue weighted by Gasteiger charge is 2.35. The molecule has 1 heterocycles.